The minimum Gasteiger partial charge on any atom is -0.481 e. The van der Waals surface area contributed by atoms with E-state index < -0.39 is 10.9 Å². The number of non-ortho nitro benzene ring substituents is 1. The van der Waals surface area contributed by atoms with Crippen LogP contribution in [0, 0.1) is 10.1 Å². The van der Waals surface area contributed by atoms with Gasteiger partial charge in [0, 0.05) is 48.1 Å². The summed E-state index contributed by atoms with van der Waals surface area (Å²) in [6.45, 7) is 3.79. The van der Waals surface area contributed by atoms with Gasteiger partial charge in [-0.2, -0.15) is 0 Å². The molecule has 1 N–H and O–H groups in total. The largest absolute Gasteiger partial charge is 0.481 e. The summed E-state index contributed by atoms with van der Waals surface area (Å²) in [5.74, 6) is -0.750. The Morgan fingerprint density at radius 1 is 1.09 bits per heavy atom. The number of nitro groups is 1. The molecule has 0 aliphatic heterocycles. The Kier molecular flexibility index (Phi) is 7.61. The van der Waals surface area contributed by atoms with E-state index in [4.69, 9.17) is 5.11 Å². The van der Waals surface area contributed by atoms with Gasteiger partial charge in [0.1, 0.15) is 0 Å². The number of unbranched alkanes of at least 4 members (excludes halogenated alkanes) is 2. The van der Waals surface area contributed by atoms with E-state index in [2.05, 4.69) is 33.1 Å². The Bertz CT molecular complexity index is 1400. The summed E-state index contributed by atoms with van der Waals surface area (Å²) in [5, 5.41) is 31.1. The molecule has 0 spiro atoms. The van der Waals surface area contributed by atoms with E-state index in [0.29, 0.717) is 27.5 Å². The number of carbonyl (C=O) groups is 1. The number of carboxylic acids is 1. The van der Waals surface area contributed by atoms with E-state index in [9.17, 15) is 14.9 Å². The summed E-state index contributed by atoms with van der Waals surface area (Å²) in [6.07, 6.45) is 2.69. The van der Waals surface area contributed by atoms with E-state index in [-0.39, 0.29) is 12.1 Å². The average Bonchev–Trinajstić information content (AvgIpc) is 3.27. The molecule has 4 rings (SSSR count). The number of azo groups is 1. The van der Waals surface area contributed by atoms with Gasteiger partial charge in [-0.3, -0.25) is 14.9 Å². The van der Waals surface area contributed by atoms with Crippen LogP contribution in [0.1, 0.15) is 32.6 Å². The van der Waals surface area contributed by atoms with Crippen molar-refractivity contribution in [2.45, 2.75) is 32.6 Å². The topological polar surface area (TPSA) is 121 Å². The molecule has 3 aromatic carbocycles. The van der Waals surface area contributed by atoms with Gasteiger partial charge in [-0.15, -0.1) is 10.2 Å². The van der Waals surface area contributed by atoms with Crippen molar-refractivity contribution in [3.63, 3.8) is 0 Å². The predicted molar refractivity (Wildman–Crippen MR) is 138 cm³/mol. The molecule has 10 heteroatoms. The first-order valence-electron chi connectivity index (χ1n) is 11.4. The lowest BCUT2D eigenvalue weighted by Gasteiger charge is -2.25. The molecule has 0 bridgehead atoms. The van der Waals surface area contributed by atoms with Crippen molar-refractivity contribution in [3.05, 3.63) is 64.7 Å². The maximum atomic E-state index is 11.0. The predicted octanol–water partition coefficient (Wildman–Crippen LogP) is 7.24. The molecule has 1 aromatic heterocycles. The Labute approximate surface area is 205 Å². The van der Waals surface area contributed by atoms with Gasteiger partial charge in [-0.05, 0) is 38.0 Å². The summed E-state index contributed by atoms with van der Waals surface area (Å²) in [7, 11) is 0. The summed E-state index contributed by atoms with van der Waals surface area (Å²) in [6, 6.07) is 16.6. The van der Waals surface area contributed by atoms with Gasteiger partial charge >= 0.3 is 5.97 Å². The van der Waals surface area contributed by atoms with Gasteiger partial charge in [0.25, 0.3) is 5.69 Å². The van der Waals surface area contributed by atoms with E-state index in [1.807, 2.05) is 30.3 Å². The van der Waals surface area contributed by atoms with Gasteiger partial charge in [-0.25, -0.2) is 4.98 Å². The number of aromatic nitrogens is 1. The van der Waals surface area contributed by atoms with Crippen LogP contribution >= 0.6 is 11.3 Å². The van der Waals surface area contributed by atoms with E-state index in [1.54, 1.807) is 6.07 Å². The molecule has 0 unspecified atom stereocenters. The molecule has 0 atom stereocenters. The number of benzene rings is 3. The normalized spacial score (nSPS) is 11.5. The smallest absolute Gasteiger partial charge is 0.303 e. The first-order chi connectivity index (χ1) is 17.0. The molecule has 0 amide bonds. The van der Waals surface area contributed by atoms with Gasteiger partial charge in [-0.1, -0.05) is 42.0 Å². The Balaban J connectivity index is 1.56. The van der Waals surface area contributed by atoms with Crippen molar-refractivity contribution >= 4 is 60.5 Å². The zero-order valence-electron chi connectivity index (χ0n) is 19.3. The number of fused-ring (bicyclic) bond motifs is 2. The van der Waals surface area contributed by atoms with Gasteiger partial charge in [0.2, 0.25) is 5.13 Å². The maximum absolute atomic E-state index is 11.0. The number of nitro benzene ring substituents is 1. The van der Waals surface area contributed by atoms with Crippen molar-refractivity contribution < 1.29 is 14.8 Å². The van der Waals surface area contributed by atoms with Gasteiger partial charge in [0.05, 0.1) is 20.8 Å². The third-order valence-electron chi connectivity index (χ3n) is 5.73. The highest BCUT2D eigenvalue weighted by Gasteiger charge is 2.13. The van der Waals surface area contributed by atoms with Crippen LogP contribution in [0.25, 0.3) is 21.0 Å². The van der Waals surface area contributed by atoms with Crippen LogP contribution < -0.4 is 4.90 Å². The second-order valence-corrected chi connectivity index (χ2v) is 9.05. The molecule has 0 saturated carbocycles. The third kappa shape index (κ3) is 5.78. The standard InChI is InChI=1S/C25H25N5O4S/c1-2-29(15-7-3-4-10-24(31)32)22-14-13-20(18-8-5-6-9-19(18)22)27-28-25-26-21-12-11-17(30(33)34)16-23(21)35-25/h5-6,8-9,11-14,16H,2-4,7,10,15H2,1H3,(H,31,32). The maximum Gasteiger partial charge on any atom is 0.303 e. The fourth-order valence-electron chi connectivity index (χ4n) is 3.99. The van der Waals surface area contributed by atoms with Crippen molar-refractivity contribution in [2.24, 2.45) is 10.2 Å². The number of aliphatic carboxylic acids is 1. The summed E-state index contributed by atoms with van der Waals surface area (Å²) in [4.78, 5) is 28.0. The first-order valence-corrected chi connectivity index (χ1v) is 12.2. The van der Waals surface area contributed by atoms with Crippen LogP contribution in [0.5, 0.6) is 0 Å². The number of thiazole rings is 1. The number of carboxylic acid groups (broad SMARTS) is 1. The Morgan fingerprint density at radius 3 is 2.63 bits per heavy atom. The quantitative estimate of drug-likeness (QED) is 0.102. The average molecular weight is 492 g/mol. The molecule has 35 heavy (non-hydrogen) atoms. The van der Waals surface area contributed by atoms with Crippen LogP contribution in [-0.2, 0) is 4.79 Å². The van der Waals surface area contributed by atoms with Crippen molar-refractivity contribution in [2.75, 3.05) is 18.0 Å². The molecule has 0 radical (unpaired) electrons. The number of nitrogens with zero attached hydrogens (tertiary/aromatic N) is 5. The Morgan fingerprint density at radius 2 is 1.89 bits per heavy atom. The molecule has 0 fully saturated rings. The van der Waals surface area contributed by atoms with Crippen LogP contribution in [0.3, 0.4) is 0 Å². The van der Waals surface area contributed by atoms with Crippen LogP contribution in [0.15, 0.2) is 64.8 Å². The first kappa shape index (κ1) is 24.2. The molecule has 180 valence electrons. The third-order valence-corrected chi connectivity index (χ3v) is 6.64. The zero-order chi connectivity index (χ0) is 24.8. The summed E-state index contributed by atoms with van der Waals surface area (Å²) < 4.78 is 0.690. The SMILES string of the molecule is CCN(CCCCCC(=O)O)c1ccc(N=Nc2nc3ccc([N+](=O)[O-])cc3s2)c2ccccc12. The molecule has 0 aliphatic carbocycles. The second kappa shape index (κ2) is 11.0. The number of hydrogen-bond donors (Lipinski definition) is 1. The molecule has 4 aromatic rings. The highest BCUT2D eigenvalue weighted by atomic mass is 32.1. The second-order valence-electron chi connectivity index (χ2n) is 8.04. The number of hydrogen-bond acceptors (Lipinski definition) is 8. The minimum absolute atomic E-state index is 0.0218. The monoisotopic (exact) mass is 491 g/mol. The molecule has 0 aliphatic rings. The fourth-order valence-corrected chi connectivity index (χ4v) is 4.81. The fraction of sp³-hybridized carbons (Fsp3) is 0.280. The van der Waals surface area contributed by atoms with Crippen LogP contribution in [0.2, 0.25) is 0 Å². The number of rotatable bonds is 11. The molecule has 0 saturated heterocycles. The highest BCUT2D eigenvalue weighted by molar-refractivity contribution is 7.21. The van der Waals surface area contributed by atoms with Gasteiger partial charge < -0.3 is 10.0 Å². The number of anilines is 1. The molecule has 1 heterocycles. The zero-order valence-corrected chi connectivity index (χ0v) is 20.1. The van der Waals surface area contributed by atoms with E-state index in [0.717, 1.165) is 42.4 Å². The lowest BCUT2D eigenvalue weighted by Crippen LogP contribution is -2.24. The molecular formula is C25H25N5O4S. The lowest BCUT2D eigenvalue weighted by atomic mass is 10.1. The lowest BCUT2D eigenvalue weighted by molar-refractivity contribution is -0.384. The van der Waals surface area contributed by atoms with E-state index >= 15 is 0 Å². The van der Waals surface area contributed by atoms with Crippen molar-refractivity contribution in [1.82, 2.24) is 4.98 Å². The van der Waals surface area contributed by atoms with E-state index in [1.165, 1.54) is 23.5 Å². The molecule has 9 nitrogen and oxygen atoms in total. The summed E-state index contributed by atoms with van der Waals surface area (Å²) in [5.41, 5.74) is 2.49. The van der Waals surface area contributed by atoms with Crippen LogP contribution in [0.4, 0.5) is 22.2 Å². The van der Waals surface area contributed by atoms with Gasteiger partial charge in [0.15, 0.2) is 0 Å². The minimum atomic E-state index is -0.750. The summed E-state index contributed by atoms with van der Waals surface area (Å²) >= 11 is 1.26. The van der Waals surface area contributed by atoms with Crippen LogP contribution in [-0.4, -0.2) is 34.1 Å². The molecular weight excluding hydrogens is 466 g/mol. The highest BCUT2D eigenvalue weighted by Crippen LogP contribution is 2.36. The van der Waals surface area contributed by atoms with Crippen molar-refractivity contribution in [1.29, 1.82) is 0 Å². The Hall–Kier alpha value is -3.92. The van der Waals surface area contributed by atoms with Crippen molar-refractivity contribution in [3.8, 4) is 0 Å².